The summed E-state index contributed by atoms with van der Waals surface area (Å²) in [6.45, 7) is 3.72. The summed E-state index contributed by atoms with van der Waals surface area (Å²) < 4.78 is 11.0. The Morgan fingerprint density at radius 2 is 1.62 bits per heavy atom. The molecule has 4 heteroatoms. The average molecular weight is 391 g/mol. The molecular formula is C20H23BrO3. The summed E-state index contributed by atoms with van der Waals surface area (Å²) in [5.74, 6) is 1.47. The molecule has 0 aliphatic rings. The van der Waals surface area contributed by atoms with Gasteiger partial charge in [0.25, 0.3) is 0 Å². The van der Waals surface area contributed by atoms with Gasteiger partial charge in [0, 0.05) is 0 Å². The van der Waals surface area contributed by atoms with Crippen molar-refractivity contribution in [3.63, 3.8) is 0 Å². The van der Waals surface area contributed by atoms with Gasteiger partial charge in [-0.3, -0.25) is 4.79 Å². The van der Waals surface area contributed by atoms with Crippen LogP contribution in [-0.2, 0) is 16.0 Å². The lowest BCUT2D eigenvalue weighted by atomic mass is 10.1. The molecule has 0 aliphatic carbocycles. The number of esters is 1. The Morgan fingerprint density at radius 1 is 1.00 bits per heavy atom. The minimum absolute atomic E-state index is 0.0743. The van der Waals surface area contributed by atoms with E-state index < -0.39 is 0 Å². The fourth-order valence-corrected chi connectivity index (χ4v) is 2.69. The predicted molar refractivity (Wildman–Crippen MR) is 99.8 cm³/mol. The number of ether oxygens (including phenoxy) is 2. The van der Waals surface area contributed by atoms with Crippen molar-refractivity contribution >= 4 is 21.9 Å². The molecule has 0 amide bonds. The molecule has 0 saturated carbocycles. The van der Waals surface area contributed by atoms with Gasteiger partial charge in [0.2, 0.25) is 0 Å². The molecule has 0 fully saturated rings. The number of carbonyl (C=O) groups excluding carboxylic acids is 1. The molecule has 0 saturated heterocycles. The summed E-state index contributed by atoms with van der Waals surface area (Å²) in [5.41, 5.74) is 1.23. The summed E-state index contributed by atoms with van der Waals surface area (Å²) in [7, 11) is 0. The summed E-state index contributed by atoms with van der Waals surface area (Å²) in [6, 6.07) is 17.8. The number of alkyl halides is 1. The molecule has 0 bridgehead atoms. The van der Waals surface area contributed by atoms with Crippen LogP contribution in [0, 0.1) is 0 Å². The van der Waals surface area contributed by atoms with E-state index in [0.29, 0.717) is 0 Å². The standard InChI is InChI=1S/C20H23BrO3/c1-15(2)23-20(22)19(21)10-6-7-16-11-13-18(14-12-16)24-17-8-4-3-5-9-17/h3-5,8-9,11-15,19H,6-7,10H2,1-2H3. The summed E-state index contributed by atoms with van der Waals surface area (Å²) >= 11 is 3.40. The second kappa shape index (κ2) is 9.48. The average Bonchev–Trinajstić information content (AvgIpc) is 2.56. The van der Waals surface area contributed by atoms with Crippen LogP contribution in [0.1, 0.15) is 32.3 Å². The molecule has 0 aliphatic heterocycles. The zero-order valence-electron chi connectivity index (χ0n) is 14.1. The van der Waals surface area contributed by atoms with E-state index in [1.54, 1.807) is 0 Å². The van der Waals surface area contributed by atoms with Crippen LogP contribution in [0.2, 0.25) is 0 Å². The number of aryl methyl sites for hydroxylation is 1. The van der Waals surface area contributed by atoms with Gasteiger partial charge >= 0.3 is 5.97 Å². The van der Waals surface area contributed by atoms with Gasteiger partial charge in [0.15, 0.2) is 0 Å². The van der Waals surface area contributed by atoms with Crippen LogP contribution in [0.4, 0.5) is 0 Å². The predicted octanol–water partition coefficient (Wildman–Crippen LogP) is 5.52. The van der Waals surface area contributed by atoms with E-state index >= 15 is 0 Å². The Morgan fingerprint density at radius 3 is 2.25 bits per heavy atom. The van der Waals surface area contributed by atoms with Crippen LogP contribution < -0.4 is 4.74 Å². The molecule has 1 unspecified atom stereocenters. The third-order valence-corrected chi connectivity index (χ3v) is 4.26. The van der Waals surface area contributed by atoms with Crippen LogP contribution >= 0.6 is 15.9 Å². The van der Waals surface area contributed by atoms with Gasteiger partial charge < -0.3 is 9.47 Å². The Kier molecular flexibility index (Phi) is 7.32. The van der Waals surface area contributed by atoms with Gasteiger partial charge in [0.1, 0.15) is 16.3 Å². The van der Waals surface area contributed by atoms with Gasteiger partial charge in [0.05, 0.1) is 6.10 Å². The molecule has 0 heterocycles. The number of rotatable bonds is 8. The molecule has 3 nitrogen and oxygen atoms in total. The van der Waals surface area contributed by atoms with Crippen molar-refractivity contribution in [3.8, 4) is 11.5 Å². The van der Waals surface area contributed by atoms with E-state index in [2.05, 4.69) is 28.1 Å². The van der Waals surface area contributed by atoms with Crippen molar-refractivity contribution < 1.29 is 14.3 Å². The number of para-hydroxylation sites is 1. The third kappa shape index (κ3) is 6.36. The lowest BCUT2D eigenvalue weighted by Crippen LogP contribution is -2.21. The van der Waals surface area contributed by atoms with Crippen molar-refractivity contribution in [1.29, 1.82) is 0 Å². The zero-order chi connectivity index (χ0) is 17.4. The fraction of sp³-hybridized carbons (Fsp3) is 0.350. The number of halogens is 1. The van der Waals surface area contributed by atoms with Crippen LogP contribution in [0.15, 0.2) is 54.6 Å². The number of hydrogen-bond acceptors (Lipinski definition) is 3. The second-order valence-electron chi connectivity index (χ2n) is 5.90. The fourth-order valence-electron chi connectivity index (χ4n) is 2.26. The molecule has 0 aromatic heterocycles. The first-order chi connectivity index (χ1) is 11.5. The molecule has 2 aromatic rings. The highest BCUT2D eigenvalue weighted by Gasteiger charge is 2.17. The van der Waals surface area contributed by atoms with Gasteiger partial charge in [-0.15, -0.1) is 0 Å². The second-order valence-corrected chi connectivity index (χ2v) is 7.01. The van der Waals surface area contributed by atoms with Crippen molar-refractivity contribution in [2.24, 2.45) is 0 Å². The summed E-state index contributed by atoms with van der Waals surface area (Å²) in [4.78, 5) is 11.5. The first-order valence-corrected chi connectivity index (χ1v) is 9.12. The lowest BCUT2D eigenvalue weighted by molar-refractivity contribution is -0.146. The quantitative estimate of drug-likeness (QED) is 0.439. The van der Waals surface area contributed by atoms with E-state index in [0.717, 1.165) is 30.8 Å². The summed E-state index contributed by atoms with van der Waals surface area (Å²) in [5, 5.41) is 0. The minimum Gasteiger partial charge on any atom is -0.462 e. The minimum atomic E-state index is -0.236. The molecule has 0 N–H and O–H groups in total. The Bertz CT molecular complexity index is 623. The number of hydrogen-bond donors (Lipinski definition) is 0. The maximum Gasteiger partial charge on any atom is 0.319 e. The largest absolute Gasteiger partial charge is 0.462 e. The molecule has 2 rings (SSSR count). The molecule has 0 radical (unpaired) electrons. The highest BCUT2D eigenvalue weighted by atomic mass is 79.9. The van der Waals surface area contributed by atoms with Crippen LogP contribution in [0.25, 0.3) is 0 Å². The maximum atomic E-state index is 11.7. The third-order valence-electron chi connectivity index (χ3n) is 3.43. The lowest BCUT2D eigenvalue weighted by Gasteiger charge is -2.12. The Balaban J connectivity index is 1.77. The topological polar surface area (TPSA) is 35.5 Å². The zero-order valence-corrected chi connectivity index (χ0v) is 15.7. The van der Waals surface area contributed by atoms with Gasteiger partial charge in [-0.25, -0.2) is 0 Å². The highest BCUT2D eigenvalue weighted by Crippen LogP contribution is 2.22. The molecule has 128 valence electrons. The van der Waals surface area contributed by atoms with E-state index in [4.69, 9.17) is 9.47 Å². The Labute approximate surface area is 152 Å². The summed E-state index contributed by atoms with van der Waals surface area (Å²) in [6.07, 6.45) is 2.52. The Hall–Kier alpha value is -1.81. The van der Waals surface area contributed by atoms with E-state index in [1.165, 1.54) is 5.56 Å². The first-order valence-electron chi connectivity index (χ1n) is 8.21. The molecule has 1 atom stereocenters. The molecule has 0 spiro atoms. The van der Waals surface area contributed by atoms with Crippen molar-refractivity contribution in [3.05, 3.63) is 60.2 Å². The smallest absolute Gasteiger partial charge is 0.319 e. The monoisotopic (exact) mass is 390 g/mol. The molecule has 24 heavy (non-hydrogen) atoms. The van der Waals surface area contributed by atoms with Crippen molar-refractivity contribution in [1.82, 2.24) is 0 Å². The molecular weight excluding hydrogens is 368 g/mol. The van der Waals surface area contributed by atoms with Crippen molar-refractivity contribution in [2.45, 2.75) is 44.0 Å². The van der Waals surface area contributed by atoms with Gasteiger partial charge in [-0.05, 0) is 62.9 Å². The van der Waals surface area contributed by atoms with E-state index in [1.807, 2.05) is 56.3 Å². The SMILES string of the molecule is CC(C)OC(=O)C(Br)CCCc1ccc(Oc2ccccc2)cc1. The van der Waals surface area contributed by atoms with Gasteiger partial charge in [-0.2, -0.15) is 0 Å². The van der Waals surface area contributed by atoms with Crippen LogP contribution in [0.3, 0.4) is 0 Å². The van der Waals surface area contributed by atoms with Gasteiger partial charge in [-0.1, -0.05) is 46.3 Å². The number of benzene rings is 2. The molecule has 2 aromatic carbocycles. The normalized spacial score (nSPS) is 12.0. The first kappa shape index (κ1) is 18.5. The van der Waals surface area contributed by atoms with E-state index in [-0.39, 0.29) is 16.9 Å². The highest BCUT2D eigenvalue weighted by molar-refractivity contribution is 9.10. The van der Waals surface area contributed by atoms with Crippen LogP contribution in [-0.4, -0.2) is 16.9 Å². The van der Waals surface area contributed by atoms with Crippen LogP contribution in [0.5, 0.6) is 11.5 Å². The van der Waals surface area contributed by atoms with Crippen molar-refractivity contribution in [2.75, 3.05) is 0 Å². The van der Waals surface area contributed by atoms with E-state index in [9.17, 15) is 4.79 Å². The maximum absolute atomic E-state index is 11.7. The number of carbonyl (C=O) groups is 1.